The van der Waals surface area contributed by atoms with Crippen LogP contribution in [-0.4, -0.2) is 14.5 Å². The molecule has 0 aliphatic rings. The predicted octanol–water partition coefficient (Wildman–Crippen LogP) is 1.75. The third kappa shape index (κ3) is 1.57. The van der Waals surface area contributed by atoms with Crippen molar-refractivity contribution in [3.05, 3.63) is 48.2 Å². The zero-order chi connectivity index (χ0) is 14.1. The highest BCUT2D eigenvalue weighted by Gasteiger charge is 2.14. The highest BCUT2D eigenvalue weighted by molar-refractivity contribution is 5.95. The van der Waals surface area contributed by atoms with Gasteiger partial charge < -0.3 is 5.73 Å². The quantitative estimate of drug-likeness (QED) is 0.671. The largest absolute Gasteiger partial charge is 0.398 e. The Labute approximate surface area is 114 Å². The fourth-order valence-electron chi connectivity index (χ4n) is 2.09. The second-order valence-corrected chi connectivity index (χ2v) is 4.11. The van der Waals surface area contributed by atoms with Gasteiger partial charge in [-0.3, -0.25) is 9.55 Å². The van der Waals surface area contributed by atoms with Gasteiger partial charge in [-0.1, -0.05) is 0 Å². The Kier molecular flexibility index (Phi) is 2.56. The molecular formula is C14H8N6. The van der Waals surface area contributed by atoms with E-state index in [1.54, 1.807) is 29.0 Å². The van der Waals surface area contributed by atoms with Crippen molar-refractivity contribution in [2.24, 2.45) is 0 Å². The molecule has 0 aliphatic heterocycles. The second kappa shape index (κ2) is 4.38. The number of nitrogens with zero attached hydrogens (tertiary/aromatic N) is 5. The van der Waals surface area contributed by atoms with E-state index in [4.69, 9.17) is 11.0 Å². The second-order valence-electron chi connectivity index (χ2n) is 4.11. The monoisotopic (exact) mass is 260 g/mol. The topological polar surface area (TPSA) is 104 Å². The summed E-state index contributed by atoms with van der Waals surface area (Å²) in [4.78, 5) is 8.24. The zero-order valence-electron chi connectivity index (χ0n) is 10.3. The minimum absolute atomic E-state index is 0.0911. The highest BCUT2D eigenvalue weighted by atomic mass is 15.1. The number of nitrogens with two attached hydrogens (primary N) is 1. The smallest absolute Gasteiger partial charge is 0.177 e. The fraction of sp³-hybridized carbons (Fsp3) is 0. The first-order valence-corrected chi connectivity index (χ1v) is 5.77. The molecular weight excluding hydrogens is 252 g/mol. The number of fused-ring (bicyclic) bond motifs is 1. The first kappa shape index (κ1) is 11.7. The van der Waals surface area contributed by atoms with Gasteiger partial charge in [0.15, 0.2) is 11.4 Å². The molecule has 2 N–H and O–H groups in total. The summed E-state index contributed by atoms with van der Waals surface area (Å²) in [5, 5.41) is 18.9. The summed E-state index contributed by atoms with van der Waals surface area (Å²) in [5.41, 5.74) is 8.13. The summed E-state index contributed by atoms with van der Waals surface area (Å²) >= 11 is 0. The number of nitriles is 2. The van der Waals surface area contributed by atoms with Gasteiger partial charge in [0.2, 0.25) is 0 Å². The molecule has 0 spiro atoms. The van der Waals surface area contributed by atoms with Crippen LogP contribution in [0, 0.1) is 22.7 Å². The fourth-order valence-corrected chi connectivity index (χ4v) is 2.09. The molecule has 0 saturated heterocycles. The van der Waals surface area contributed by atoms with Gasteiger partial charge in [0.05, 0.1) is 11.2 Å². The van der Waals surface area contributed by atoms with Crippen molar-refractivity contribution in [3.8, 4) is 17.8 Å². The molecule has 0 aliphatic carbocycles. The molecule has 0 amide bonds. The van der Waals surface area contributed by atoms with Crippen molar-refractivity contribution < 1.29 is 0 Å². The number of hydrogen-bond donors (Lipinski definition) is 1. The van der Waals surface area contributed by atoms with Crippen LogP contribution in [0.4, 0.5) is 5.69 Å². The SMILES string of the molecule is N#Cc1ncn(-c2ccc(N)c3cccnc23)c1C#N. The van der Waals surface area contributed by atoms with Crippen LogP contribution in [0.3, 0.4) is 0 Å². The number of imidazole rings is 1. The Morgan fingerprint density at radius 1 is 1.10 bits per heavy atom. The molecule has 0 fully saturated rings. The number of benzene rings is 1. The molecule has 3 aromatic rings. The molecule has 94 valence electrons. The lowest BCUT2D eigenvalue weighted by Crippen LogP contribution is -2.00. The van der Waals surface area contributed by atoms with Crippen LogP contribution in [0.5, 0.6) is 0 Å². The molecule has 0 radical (unpaired) electrons. The van der Waals surface area contributed by atoms with E-state index < -0.39 is 0 Å². The van der Waals surface area contributed by atoms with E-state index >= 15 is 0 Å². The normalized spacial score (nSPS) is 10.1. The lowest BCUT2D eigenvalue weighted by Gasteiger charge is -2.09. The van der Waals surface area contributed by atoms with Crippen LogP contribution < -0.4 is 5.73 Å². The molecule has 6 nitrogen and oxygen atoms in total. The number of anilines is 1. The van der Waals surface area contributed by atoms with Crippen molar-refractivity contribution >= 4 is 16.6 Å². The molecule has 0 saturated carbocycles. The van der Waals surface area contributed by atoms with Crippen molar-refractivity contribution in [3.63, 3.8) is 0 Å². The van der Waals surface area contributed by atoms with Gasteiger partial charge in [-0.15, -0.1) is 0 Å². The van der Waals surface area contributed by atoms with Crippen LogP contribution >= 0.6 is 0 Å². The van der Waals surface area contributed by atoms with Gasteiger partial charge in [-0.2, -0.15) is 10.5 Å². The van der Waals surface area contributed by atoms with E-state index in [0.717, 1.165) is 5.39 Å². The van der Waals surface area contributed by atoms with Gasteiger partial charge in [0, 0.05) is 17.3 Å². The van der Waals surface area contributed by atoms with Gasteiger partial charge in [0.25, 0.3) is 0 Å². The molecule has 1 aromatic carbocycles. The van der Waals surface area contributed by atoms with Crippen LogP contribution in [0.25, 0.3) is 16.6 Å². The minimum atomic E-state index is 0.0911. The lowest BCUT2D eigenvalue weighted by molar-refractivity contribution is 1.04. The van der Waals surface area contributed by atoms with Crippen molar-refractivity contribution in [1.82, 2.24) is 14.5 Å². The van der Waals surface area contributed by atoms with Gasteiger partial charge >= 0.3 is 0 Å². The van der Waals surface area contributed by atoms with Crippen LogP contribution in [0.2, 0.25) is 0 Å². The lowest BCUT2D eigenvalue weighted by atomic mass is 10.1. The molecule has 2 aromatic heterocycles. The summed E-state index contributed by atoms with van der Waals surface area (Å²) < 4.78 is 1.55. The van der Waals surface area contributed by atoms with Crippen molar-refractivity contribution in [2.45, 2.75) is 0 Å². The van der Waals surface area contributed by atoms with Gasteiger partial charge in [-0.05, 0) is 24.3 Å². The number of rotatable bonds is 1. The van der Waals surface area contributed by atoms with Crippen molar-refractivity contribution in [2.75, 3.05) is 5.73 Å². The van der Waals surface area contributed by atoms with Gasteiger partial charge in [0.1, 0.15) is 18.5 Å². The Morgan fingerprint density at radius 2 is 1.95 bits per heavy atom. The molecule has 0 unspecified atom stereocenters. The standard InChI is InChI=1S/C14H8N6/c15-6-11-13(7-16)20(8-19-11)12-4-3-10(17)9-2-1-5-18-14(9)12/h1-5,8H,17H2. The average molecular weight is 260 g/mol. The maximum absolute atomic E-state index is 9.20. The minimum Gasteiger partial charge on any atom is -0.398 e. The van der Waals surface area contributed by atoms with E-state index in [-0.39, 0.29) is 11.4 Å². The maximum Gasteiger partial charge on any atom is 0.177 e. The molecule has 20 heavy (non-hydrogen) atoms. The summed E-state index contributed by atoms with van der Waals surface area (Å²) in [5.74, 6) is 0. The van der Waals surface area contributed by atoms with Crippen LogP contribution in [0.15, 0.2) is 36.8 Å². The van der Waals surface area contributed by atoms with Crippen LogP contribution in [0.1, 0.15) is 11.4 Å². The molecule has 6 heteroatoms. The molecule has 0 bridgehead atoms. The third-order valence-electron chi connectivity index (χ3n) is 3.02. The van der Waals surface area contributed by atoms with E-state index in [1.807, 2.05) is 18.2 Å². The first-order chi connectivity index (χ1) is 9.76. The maximum atomic E-state index is 9.20. The Balaban J connectivity index is 2.38. The average Bonchev–Trinajstić information content (AvgIpc) is 2.90. The van der Waals surface area contributed by atoms with Gasteiger partial charge in [-0.25, -0.2) is 4.98 Å². The first-order valence-electron chi connectivity index (χ1n) is 5.77. The number of hydrogen-bond acceptors (Lipinski definition) is 5. The number of pyridine rings is 1. The van der Waals surface area contributed by atoms with Crippen molar-refractivity contribution in [1.29, 1.82) is 10.5 Å². The summed E-state index contributed by atoms with van der Waals surface area (Å²) in [6.45, 7) is 0. The Hall–Kier alpha value is -3.38. The van der Waals surface area contributed by atoms with Crippen LogP contribution in [-0.2, 0) is 0 Å². The molecule has 0 atom stereocenters. The van der Waals surface area contributed by atoms with E-state index in [9.17, 15) is 5.26 Å². The predicted molar refractivity (Wildman–Crippen MR) is 72.7 cm³/mol. The molecule has 3 rings (SSSR count). The summed E-state index contributed by atoms with van der Waals surface area (Å²) in [6.07, 6.45) is 3.09. The van der Waals surface area contributed by atoms with E-state index in [2.05, 4.69) is 9.97 Å². The summed E-state index contributed by atoms with van der Waals surface area (Å²) in [6, 6.07) is 11.0. The zero-order valence-corrected chi connectivity index (χ0v) is 10.3. The summed E-state index contributed by atoms with van der Waals surface area (Å²) in [7, 11) is 0. The highest BCUT2D eigenvalue weighted by Crippen LogP contribution is 2.26. The third-order valence-corrected chi connectivity index (χ3v) is 3.02. The molecule has 2 heterocycles. The number of nitrogen functional groups attached to an aromatic ring is 1. The number of aromatic nitrogens is 3. The van der Waals surface area contributed by atoms with E-state index in [1.165, 1.54) is 6.33 Å². The Morgan fingerprint density at radius 3 is 2.70 bits per heavy atom. The Bertz CT molecular complexity index is 894. The van der Waals surface area contributed by atoms with E-state index in [0.29, 0.717) is 16.9 Å².